The van der Waals surface area contributed by atoms with E-state index in [9.17, 15) is 23.1 Å². The summed E-state index contributed by atoms with van der Waals surface area (Å²) in [6.45, 7) is 0. The zero-order valence-corrected chi connectivity index (χ0v) is 10.0. The number of hydrogen-bond donors (Lipinski definition) is 1. The number of ether oxygens (including phenoxy) is 1. The second kappa shape index (κ2) is 4.83. The van der Waals surface area contributed by atoms with Crippen LogP contribution in [0.2, 0.25) is 0 Å². The first-order chi connectivity index (χ1) is 9.28. The summed E-state index contributed by atoms with van der Waals surface area (Å²) in [5, 5.41) is 16.8. The molecule has 1 N–H and O–H groups in total. The van der Waals surface area contributed by atoms with Gasteiger partial charge in [-0.2, -0.15) is 5.10 Å². The fraction of sp³-hybridized carbons (Fsp3) is 0.182. The van der Waals surface area contributed by atoms with E-state index < -0.39 is 23.4 Å². The van der Waals surface area contributed by atoms with Crippen LogP contribution in [0.15, 0.2) is 29.2 Å². The number of phenols is 1. The van der Waals surface area contributed by atoms with Crippen molar-refractivity contribution >= 4 is 0 Å². The van der Waals surface area contributed by atoms with Crippen LogP contribution in [0.25, 0.3) is 11.4 Å². The van der Waals surface area contributed by atoms with Gasteiger partial charge in [-0.25, -0.2) is 0 Å². The Kier molecular flexibility index (Phi) is 3.35. The summed E-state index contributed by atoms with van der Waals surface area (Å²) in [5.41, 5.74) is -0.405. The lowest BCUT2D eigenvalue weighted by Crippen LogP contribution is -2.20. The molecule has 0 aliphatic heterocycles. The van der Waals surface area contributed by atoms with Crippen molar-refractivity contribution in [2.24, 2.45) is 7.05 Å². The van der Waals surface area contributed by atoms with Crippen LogP contribution in [0.1, 0.15) is 0 Å². The third-order valence-electron chi connectivity index (χ3n) is 2.41. The molecular weight excluding hydrogens is 279 g/mol. The van der Waals surface area contributed by atoms with E-state index in [-0.39, 0.29) is 11.4 Å². The number of halogens is 3. The number of benzene rings is 1. The van der Waals surface area contributed by atoms with E-state index in [0.29, 0.717) is 0 Å². The molecular formula is C11H8F3N3O3. The van der Waals surface area contributed by atoms with Gasteiger partial charge in [0.2, 0.25) is 0 Å². The van der Waals surface area contributed by atoms with E-state index >= 15 is 0 Å². The largest absolute Gasteiger partial charge is 0.573 e. The normalized spacial score (nSPS) is 11.4. The summed E-state index contributed by atoms with van der Waals surface area (Å²) >= 11 is 0. The Balaban J connectivity index is 2.45. The van der Waals surface area contributed by atoms with Crippen molar-refractivity contribution in [2.45, 2.75) is 6.36 Å². The van der Waals surface area contributed by atoms with Crippen molar-refractivity contribution in [1.82, 2.24) is 14.8 Å². The Morgan fingerprint density at radius 1 is 1.35 bits per heavy atom. The number of aromatic hydroxyl groups is 1. The standard InChI is InChI=1S/C11H8F3N3O3/c1-17-9(19)5-15-16-10(17)7-3-2-6(4-8(7)18)20-11(12,13)14/h2-5,18H,1H3. The summed E-state index contributed by atoms with van der Waals surface area (Å²) in [4.78, 5) is 11.4. The molecule has 106 valence electrons. The highest BCUT2D eigenvalue weighted by molar-refractivity contribution is 5.65. The predicted octanol–water partition coefficient (Wildman–Crippen LogP) is 1.45. The van der Waals surface area contributed by atoms with E-state index in [1.807, 2.05) is 0 Å². The molecule has 20 heavy (non-hydrogen) atoms. The molecule has 9 heteroatoms. The first-order valence-electron chi connectivity index (χ1n) is 5.26. The zero-order valence-electron chi connectivity index (χ0n) is 10.0. The van der Waals surface area contributed by atoms with Gasteiger partial charge in [-0.05, 0) is 12.1 Å². The number of rotatable bonds is 2. The van der Waals surface area contributed by atoms with Gasteiger partial charge in [0.25, 0.3) is 5.56 Å². The van der Waals surface area contributed by atoms with E-state index in [4.69, 9.17) is 0 Å². The average Bonchev–Trinajstić information content (AvgIpc) is 2.31. The number of alkyl halides is 3. The summed E-state index contributed by atoms with van der Waals surface area (Å²) in [6, 6.07) is 2.93. The number of nitrogens with zero attached hydrogens (tertiary/aromatic N) is 3. The summed E-state index contributed by atoms with van der Waals surface area (Å²) in [7, 11) is 1.39. The van der Waals surface area contributed by atoms with Gasteiger partial charge >= 0.3 is 6.36 Å². The van der Waals surface area contributed by atoms with E-state index in [0.717, 1.165) is 29.0 Å². The number of phenolic OH excluding ortho intramolecular Hbond substituents is 1. The molecule has 0 bridgehead atoms. The van der Waals surface area contributed by atoms with Crippen molar-refractivity contribution in [3.8, 4) is 22.9 Å². The van der Waals surface area contributed by atoms with Crippen LogP contribution in [0, 0.1) is 0 Å². The number of aromatic nitrogens is 3. The smallest absolute Gasteiger partial charge is 0.507 e. The third-order valence-corrected chi connectivity index (χ3v) is 2.41. The van der Waals surface area contributed by atoms with Gasteiger partial charge in [-0.3, -0.25) is 9.36 Å². The highest BCUT2D eigenvalue weighted by Crippen LogP contribution is 2.32. The first kappa shape index (κ1) is 13.8. The highest BCUT2D eigenvalue weighted by Gasteiger charge is 2.31. The molecule has 0 fully saturated rings. The fourth-order valence-corrected chi connectivity index (χ4v) is 1.52. The third kappa shape index (κ3) is 2.87. The van der Waals surface area contributed by atoms with Crippen LogP contribution in [0.3, 0.4) is 0 Å². The lowest BCUT2D eigenvalue weighted by Gasteiger charge is -2.11. The average molecular weight is 287 g/mol. The molecule has 0 saturated carbocycles. The van der Waals surface area contributed by atoms with Crippen LogP contribution in [-0.4, -0.2) is 26.2 Å². The molecule has 0 unspecified atom stereocenters. The lowest BCUT2D eigenvalue weighted by atomic mass is 10.2. The Bertz CT molecular complexity index is 697. The predicted molar refractivity (Wildman–Crippen MR) is 61.1 cm³/mol. The second-order valence-corrected chi connectivity index (χ2v) is 3.79. The summed E-state index contributed by atoms with van der Waals surface area (Å²) in [6.07, 6.45) is -3.88. The van der Waals surface area contributed by atoms with Gasteiger partial charge in [-0.15, -0.1) is 18.3 Å². The molecule has 1 heterocycles. The molecule has 0 radical (unpaired) electrons. The summed E-state index contributed by atoms with van der Waals surface area (Å²) in [5.74, 6) is -1.07. The SMILES string of the molecule is Cn1c(-c2ccc(OC(F)(F)F)cc2O)nncc1=O. The zero-order chi connectivity index (χ0) is 14.9. The van der Waals surface area contributed by atoms with Crippen molar-refractivity contribution in [3.63, 3.8) is 0 Å². The molecule has 2 rings (SSSR count). The van der Waals surface area contributed by atoms with Crippen LogP contribution in [0.5, 0.6) is 11.5 Å². The Hall–Kier alpha value is -2.58. The minimum absolute atomic E-state index is 0.0218. The van der Waals surface area contributed by atoms with Crippen LogP contribution >= 0.6 is 0 Å². The number of hydrogen-bond acceptors (Lipinski definition) is 5. The topological polar surface area (TPSA) is 77.2 Å². The molecule has 0 saturated heterocycles. The Morgan fingerprint density at radius 2 is 2.05 bits per heavy atom. The van der Waals surface area contributed by atoms with Gasteiger partial charge in [0.05, 0.1) is 5.56 Å². The maximum absolute atomic E-state index is 12.0. The molecule has 0 amide bonds. The maximum Gasteiger partial charge on any atom is 0.573 e. The minimum atomic E-state index is -4.85. The van der Waals surface area contributed by atoms with Crippen LogP contribution < -0.4 is 10.3 Å². The van der Waals surface area contributed by atoms with Gasteiger partial charge in [0.1, 0.15) is 17.7 Å². The van der Waals surface area contributed by atoms with Gasteiger partial charge in [0, 0.05) is 13.1 Å². The van der Waals surface area contributed by atoms with Gasteiger partial charge in [-0.1, -0.05) is 0 Å². The molecule has 1 aromatic carbocycles. The van der Waals surface area contributed by atoms with Crippen molar-refractivity contribution in [3.05, 3.63) is 34.7 Å². The second-order valence-electron chi connectivity index (χ2n) is 3.79. The maximum atomic E-state index is 12.0. The van der Waals surface area contributed by atoms with E-state index in [1.165, 1.54) is 7.05 Å². The fourth-order valence-electron chi connectivity index (χ4n) is 1.52. The van der Waals surface area contributed by atoms with Gasteiger partial charge in [0.15, 0.2) is 5.82 Å². The van der Waals surface area contributed by atoms with Crippen molar-refractivity contribution in [2.75, 3.05) is 0 Å². The monoisotopic (exact) mass is 287 g/mol. The molecule has 0 atom stereocenters. The molecule has 6 nitrogen and oxygen atoms in total. The highest BCUT2D eigenvalue weighted by atomic mass is 19.4. The molecule has 0 aliphatic carbocycles. The Morgan fingerprint density at radius 3 is 2.65 bits per heavy atom. The minimum Gasteiger partial charge on any atom is -0.507 e. The van der Waals surface area contributed by atoms with Crippen LogP contribution in [0.4, 0.5) is 13.2 Å². The molecule has 1 aromatic heterocycles. The summed E-state index contributed by atoms with van der Waals surface area (Å²) < 4.78 is 40.9. The van der Waals surface area contributed by atoms with Crippen molar-refractivity contribution in [1.29, 1.82) is 0 Å². The Labute approximate surface area is 110 Å². The molecule has 0 spiro atoms. The molecule has 2 aromatic rings. The van der Waals surface area contributed by atoms with Crippen molar-refractivity contribution < 1.29 is 23.0 Å². The quantitative estimate of drug-likeness (QED) is 0.904. The lowest BCUT2D eigenvalue weighted by molar-refractivity contribution is -0.274. The first-order valence-corrected chi connectivity index (χ1v) is 5.26. The van der Waals surface area contributed by atoms with E-state index in [1.54, 1.807) is 0 Å². The van der Waals surface area contributed by atoms with Crippen LogP contribution in [-0.2, 0) is 7.05 Å². The van der Waals surface area contributed by atoms with E-state index in [2.05, 4.69) is 14.9 Å². The molecule has 0 aliphatic rings. The van der Waals surface area contributed by atoms with Gasteiger partial charge < -0.3 is 9.84 Å².